The predicted molar refractivity (Wildman–Crippen MR) is 80.7 cm³/mol. The molecule has 1 aliphatic heterocycles. The van der Waals surface area contributed by atoms with Crippen LogP contribution in [-0.2, 0) is 4.84 Å². The fourth-order valence-electron chi connectivity index (χ4n) is 2.57. The number of nitrogens with zero attached hydrogens (tertiary/aromatic N) is 1. The average molecular weight is 306 g/mol. The number of carbonyl (C=O) groups is 3. The Morgan fingerprint density at radius 1 is 0.913 bits per heavy atom. The van der Waals surface area contributed by atoms with E-state index >= 15 is 0 Å². The monoisotopic (exact) mass is 306 g/mol. The van der Waals surface area contributed by atoms with E-state index in [1.54, 1.807) is 18.2 Å². The van der Waals surface area contributed by atoms with E-state index in [0.29, 0.717) is 5.06 Å². The van der Waals surface area contributed by atoms with Gasteiger partial charge in [0.1, 0.15) is 5.69 Å². The standard InChI is InChI=1S/C17H10N2O4/c20-15-11-6-2-3-7-12(11)16(21)19(15)23-17(22)14-9-10-5-1-4-8-13(10)18-14/h1-9,18H. The van der Waals surface area contributed by atoms with Crippen molar-refractivity contribution in [3.8, 4) is 0 Å². The predicted octanol–water partition coefficient (Wildman–Crippen LogP) is 2.54. The van der Waals surface area contributed by atoms with Crippen molar-refractivity contribution in [2.24, 2.45) is 0 Å². The molecule has 0 fully saturated rings. The highest BCUT2D eigenvalue weighted by atomic mass is 16.7. The largest absolute Gasteiger partial charge is 0.380 e. The molecule has 1 aliphatic rings. The van der Waals surface area contributed by atoms with Gasteiger partial charge in [-0.3, -0.25) is 9.59 Å². The second-order valence-electron chi connectivity index (χ2n) is 5.10. The maximum atomic E-state index is 12.2. The van der Waals surface area contributed by atoms with Crippen molar-refractivity contribution in [2.45, 2.75) is 0 Å². The molecule has 0 saturated heterocycles. The topological polar surface area (TPSA) is 79.5 Å². The lowest BCUT2D eigenvalue weighted by Gasteiger charge is -2.11. The summed E-state index contributed by atoms with van der Waals surface area (Å²) < 4.78 is 0. The van der Waals surface area contributed by atoms with Gasteiger partial charge in [0.2, 0.25) is 0 Å². The van der Waals surface area contributed by atoms with Crippen LogP contribution in [0, 0.1) is 0 Å². The number of rotatable bonds is 2. The quantitative estimate of drug-likeness (QED) is 0.738. The first-order valence-corrected chi connectivity index (χ1v) is 6.93. The number of aromatic amines is 1. The smallest absolute Gasteiger partial charge is 0.349 e. The number of H-pyrrole nitrogens is 1. The second-order valence-corrected chi connectivity index (χ2v) is 5.10. The molecule has 1 aromatic heterocycles. The first-order chi connectivity index (χ1) is 11.1. The summed E-state index contributed by atoms with van der Waals surface area (Å²) in [6.45, 7) is 0. The van der Waals surface area contributed by atoms with Gasteiger partial charge in [-0.25, -0.2) is 4.79 Å². The van der Waals surface area contributed by atoms with Crippen LogP contribution in [0.2, 0.25) is 0 Å². The van der Waals surface area contributed by atoms with Crippen LogP contribution in [0.5, 0.6) is 0 Å². The van der Waals surface area contributed by atoms with E-state index in [1.165, 1.54) is 12.1 Å². The highest BCUT2D eigenvalue weighted by Gasteiger charge is 2.38. The van der Waals surface area contributed by atoms with Crippen LogP contribution in [0.4, 0.5) is 0 Å². The molecule has 0 spiro atoms. The molecule has 6 heteroatoms. The molecule has 112 valence electrons. The Balaban J connectivity index is 1.62. The zero-order valence-electron chi connectivity index (χ0n) is 11.8. The molecule has 0 unspecified atom stereocenters. The van der Waals surface area contributed by atoms with Crippen molar-refractivity contribution in [2.75, 3.05) is 0 Å². The summed E-state index contributed by atoms with van der Waals surface area (Å²) in [4.78, 5) is 44.4. The normalized spacial score (nSPS) is 13.5. The Morgan fingerprint density at radius 3 is 2.17 bits per heavy atom. The number of hydrogen-bond donors (Lipinski definition) is 1. The lowest BCUT2D eigenvalue weighted by molar-refractivity contribution is -0.0587. The molecule has 0 radical (unpaired) electrons. The number of nitrogens with one attached hydrogen (secondary N) is 1. The van der Waals surface area contributed by atoms with E-state index in [9.17, 15) is 14.4 Å². The van der Waals surface area contributed by atoms with Crippen LogP contribution in [0.25, 0.3) is 10.9 Å². The van der Waals surface area contributed by atoms with Crippen LogP contribution in [-0.4, -0.2) is 27.8 Å². The third-order valence-electron chi connectivity index (χ3n) is 3.68. The minimum Gasteiger partial charge on any atom is -0.349 e. The molecule has 0 aliphatic carbocycles. The summed E-state index contributed by atoms with van der Waals surface area (Å²) in [5, 5.41) is 1.33. The van der Waals surface area contributed by atoms with Crippen LogP contribution in [0.1, 0.15) is 31.2 Å². The summed E-state index contributed by atoms with van der Waals surface area (Å²) >= 11 is 0. The van der Waals surface area contributed by atoms with E-state index in [-0.39, 0.29) is 16.8 Å². The molecule has 0 saturated carbocycles. The van der Waals surface area contributed by atoms with Crippen molar-refractivity contribution in [1.82, 2.24) is 10.0 Å². The number of hydrogen-bond acceptors (Lipinski definition) is 4. The highest BCUT2D eigenvalue weighted by molar-refractivity contribution is 6.21. The number of para-hydroxylation sites is 1. The Bertz CT molecular complexity index is 905. The molecule has 4 rings (SSSR count). The first-order valence-electron chi connectivity index (χ1n) is 6.93. The number of benzene rings is 2. The van der Waals surface area contributed by atoms with Gasteiger partial charge in [-0.05, 0) is 24.3 Å². The molecule has 1 N–H and O–H groups in total. The second kappa shape index (κ2) is 4.81. The molecular formula is C17H10N2O4. The van der Waals surface area contributed by atoms with Gasteiger partial charge < -0.3 is 9.82 Å². The number of amides is 2. The number of hydroxylamine groups is 2. The average Bonchev–Trinajstić information content (AvgIpc) is 3.11. The highest BCUT2D eigenvalue weighted by Crippen LogP contribution is 2.23. The van der Waals surface area contributed by atoms with Crippen LogP contribution in [0.15, 0.2) is 54.6 Å². The molecule has 2 amide bonds. The SMILES string of the molecule is O=C(ON1C(=O)c2ccccc2C1=O)c1cc2ccccc2[nH]1. The van der Waals surface area contributed by atoms with Crippen molar-refractivity contribution in [3.05, 3.63) is 71.4 Å². The zero-order valence-corrected chi connectivity index (χ0v) is 11.8. The Kier molecular flexibility index (Phi) is 2.77. The summed E-state index contributed by atoms with van der Waals surface area (Å²) in [6, 6.07) is 15.3. The van der Waals surface area contributed by atoms with E-state index in [0.717, 1.165) is 10.9 Å². The van der Waals surface area contributed by atoms with Crippen LogP contribution in [0.3, 0.4) is 0 Å². The van der Waals surface area contributed by atoms with Crippen LogP contribution < -0.4 is 0 Å². The van der Waals surface area contributed by atoms with E-state index < -0.39 is 17.8 Å². The maximum Gasteiger partial charge on any atom is 0.380 e. The number of imide groups is 1. The molecule has 2 aromatic carbocycles. The van der Waals surface area contributed by atoms with Crippen molar-refractivity contribution < 1.29 is 19.2 Å². The molecule has 3 aromatic rings. The van der Waals surface area contributed by atoms with Gasteiger partial charge >= 0.3 is 5.97 Å². The zero-order chi connectivity index (χ0) is 16.0. The lowest BCUT2D eigenvalue weighted by Crippen LogP contribution is -2.32. The Morgan fingerprint density at radius 2 is 1.52 bits per heavy atom. The third kappa shape index (κ3) is 2.00. The minimum atomic E-state index is -0.796. The van der Waals surface area contributed by atoms with Gasteiger partial charge in [-0.2, -0.15) is 0 Å². The third-order valence-corrected chi connectivity index (χ3v) is 3.68. The molecule has 0 atom stereocenters. The minimum absolute atomic E-state index is 0.169. The summed E-state index contributed by atoms with van der Waals surface area (Å²) in [6.07, 6.45) is 0. The maximum absolute atomic E-state index is 12.2. The molecular weight excluding hydrogens is 296 g/mol. The van der Waals surface area contributed by atoms with E-state index in [2.05, 4.69) is 4.98 Å². The van der Waals surface area contributed by atoms with Gasteiger partial charge in [-0.15, -0.1) is 0 Å². The molecule has 0 bridgehead atoms. The molecule has 23 heavy (non-hydrogen) atoms. The number of carbonyl (C=O) groups excluding carboxylic acids is 3. The Labute approximate surface area is 130 Å². The molecule has 2 heterocycles. The van der Waals surface area contributed by atoms with E-state index in [4.69, 9.17) is 4.84 Å². The first kappa shape index (κ1) is 13.3. The summed E-state index contributed by atoms with van der Waals surface area (Å²) in [5.41, 5.74) is 1.38. The van der Waals surface area contributed by atoms with Crippen LogP contribution >= 0.6 is 0 Å². The van der Waals surface area contributed by atoms with E-state index in [1.807, 2.05) is 24.3 Å². The van der Waals surface area contributed by atoms with Gasteiger partial charge in [0.15, 0.2) is 0 Å². The van der Waals surface area contributed by atoms with Crippen molar-refractivity contribution >= 4 is 28.7 Å². The number of aromatic nitrogens is 1. The van der Waals surface area contributed by atoms with Crippen molar-refractivity contribution in [3.63, 3.8) is 0 Å². The summed E-state index contributed by atoms with van der Waals surface area (Å²) in [5.74, 6) is -2.08. The van der Waals surface area contributed by atoms with Crippen molar-refractivity contribution in [1.29, 1.82) is 0 Å². The summed E-state index contributed by atoms with van der Waals surface area (Å²) in [7, 11) is 0. The van der Waals surface area contributed by atoms with Gasteiger partial charge in [0.25, 0.3) is 11.8 Å². The molecule has 6 nitrogen and oxygen atoms in total. The van der Waals surface area contributed by atoms with Gasteiger partial charge in [0, 0.05) is 10.9 Å². The lowest BCUT2D eigenvalue weighted by atomic mass is 10.1. The fraction of sp³-hybridized carbons (Fsp3) is 0. The fourth-order valence-corrected chi connectivity index (χ4v) is 2.57. The Hall–Kier alpha value is -3.41. The van der Waals surface area contributed by atoms with Gasteiger partial charge in [0.05, 0.1) is 11.1 Å². The van der Waals surface area contributed by atoms with Gasteiger partial charge in [-0.1, -0.05) is 35.4 Å². The number of fused-ring (bicyclic) bond motifs is 2.